The van der Waals surface area contributed by atoms with Crippen molar-refractivity contribution in [2.24, 2.45) is 5.92 Å². The molecular weight excluding hydrogens is 212 g/mol. The predicted molar refractivity (Wildman–Crippen MR) is 66.6 cm³/mol. The van der Waals surface area contributed by atoms with Gasteiger partial charge < -0.3 is 9.67 Å². The molecule has 1 aliphatic heterocycles. The highest BCUT2D eigenvalue weighted by Gasteiger charge is 2.34. The van der Waals surface area contributed by atoms with Gasteiger partial charge in [0, 0.05) is 5.56 Å². The second-order valence-electron chi connectivity index (χ2n) is 4.95. The molecule has 1 aliphatic rings. The minimum atomic E-state index is -0.383. The lowest BCUT2D eigenvalue weighted by Crippen LogP contribution is -2.27. The van der Waals surface area contributed by atoms with Crippen LogP contribution in [0.4, 0.5) is 0 Å². The second kappa shape index (κ2) is 3.70. The van der Waals surface area contributed by atoms with Crippen LogP contribution in [0.1, 0.15) is 25.5 Å². The molecule has 0 fully saturated rings. The molecule has 0 aliphatic carbocycles. The highest BCUT2D eigenvalue weighted by molar-refractivity contribution is 5.69. The van der Waals surface area contributed by atoms with Crippen molar-refractivity contribution < 1.29 is 5.11 Å². The number of fused-ring (bicyclic) bond motifs is 3. The monoisotopic (exact) mass is 228 g/mol. The van der Waals surface area contributed by atoms with Gasteiger partial charge in [0.25, 0.3) is 0 Å². The van der Waals surface area contributed by atoms with Crippen LogP contribution in [0, 0.1) is 5.92 Å². The first-order chi connectivity index (χ1) is 8.20. The molecule has 0 radical (unpaired) electrons. The zero-order valence-corrected chi connectivity index (χ0v) is 10.0. The first-order valence-corrected chi connectivity index (χ1v) is 5.99. The summed E-state index contributed by atoms with van der Waals surface area (Å²) >= 11 is 0. The lowest BCUT2D eigenvalue weighted by molar-refractivity contribution is 0.0880. The Balaban J connectivity index is 2.17. The van der Waals surface area contributed by atoms with Gasteiger partial charge in [-0.25, -0.2) is 4.98 Å². The van der Waals surface area contributed by atoms with Gasteiger partial charge in [-0.15, -0.1) is 0 Å². The van der Waals surface area contributed by atoms with Crippen molar-refractivity contribution in [3.05, 3.63) is 42.4 Å². The molecule has 0 bridgehead atoms. The van der Waals surface area contributed by atoms with Crippen LogP contribution in [-0.2, 0) is 0 Å². The summed E-state index contributed by atoms with van der Waals surface area (Å²) in [6.07, 6.45) is 3.30. The van der Waals surface area contributed by atoms with E-state index in [0.717, 1.165) is 5.69 Å². The second-order valence-corrected chi connectivity index (χ2v) is 4.95. The van der Waals surface area contributed by atoms with Crippen molar-refractivity contribution in [2.45, 2.75) is 26.0 Å². The van der Waals surface area contributed by atoms with Crippen molar-refractivity contribution in [3.63, 3.8) is 0 Å². The van der Waals surface area contributed by atoms with Crippen LogP contribution in [0.3, 0.4) is 0 Å². The van der Waals surface area contributed by atoms with Crippen molar-refractivity contribution >= 4 is 0 Å². The SMILES string of the molecule is CC(C)[C@H](O)C1c2ccccc2-c2cncn21. The van der Waals surface area contributed by atoms with Gasteiger partial charge in [-0.1, -0.05) is 38.1 Å². The summed E-state index contributed by atoms with van der Waals surface area (Å²) < 4.78 is 2.08. The summed E-state index contributed by atoms with van der Waals surface area (Å²) in [5, 5.41) is 10.4. The van der Waals surface area contributed by atoms with E-state index in [1.54, 1.807) is 0 Å². The van der Waals surface area contributed by atoms with Crippen LogP contribution < -0.4 is 0 Å². The molecule has 1 unspecified atom stereocenters. The summed E-state index contributed by atoms with van der Waals surface area (Å²) in [6, 6.07) is 8.25. The number of rotatable bonds is 2. The fourth-order valence-corrected chi connectivity index (χ4v) is 2.59. The van der Waals surface area contributed by atoms with Gasteiger partial charge in [0.15, 0.2) is 0 Å². The highest BCUT2D eigenvalue weighted by atomic mass is 16.3. The molecule has 0 saturated carbocycles. The molecule has 88 valence electrons. The molecule has 3 heteroatoms. The van der Waals surface area contributed by atoms with Gasteiger partial charge in [-0.3, -0.25) is 0 Å². The normalized spacial score (nSPS) is 19.2. The molecule has 3 nitrogen and oxygen atoms in total. The molecule has 17 heavy (non-hydrogen) atoms. The summed E-state index contributed by atoms with van der Waals surface area (Å²) in [7, 11) is 0. The summed E-state index contributed by atoms with van der Waals surface area (Å²) in [6.45, 7) is 4.09. The molecule has 1 N–H and O–H groups in total. The number of hydrogen-bond acceptors (Lipinski definition) is 2. The number of benzene rings is 1. The molecule has 1 aromatic heterocycles. The smallest absolute Gasteiger partial charge is 0.0957 e. The first-order valence-electron chi connectivity index (χ1n) is 5.99. The average Bonchev–Trinajstić information content (AvgIpc) is 2.87. The Morgan fingerprint density at radius 3 is 2.82 bits per heavy atom. The number of hydrogen-bond donors (Lipinski definition) is 1. The minimum absolute atomic E-state index is 0.00343. The fraction of sp³-hybridized carbons (Fsp3) is 0.357. The van der Waals surface area contributed by atoms with E-state index in [4.69, 9.17) is 0 Å². The van der Waals surface area contributed by atoms with Gasteiger partial charge >= 0.3 is 0 Å². The van der Waals surface area contributed by atoms with Crippen molar-refractivity contribution in [2.75, 3.05) is 0 Å². The van der Waals surface area contributed by atoms with Gasteiger partial charge in [0.1, 0.15) is 0 Å². The zero-order valence-electron chi connectivity index (χ0n) is 10.0. The number of imidazole rings is 1. The molecule has 2 heterocycles. The molecule has 0 amide bonds. The fourth-order valence-electron chi connectivity index (χ4n) is 2.59. The lowest BCUT2D eigenvalue weighted by Gasteiger charge is -2.24. The van der Waals surface area contributed by atoms with Gasteiger partial charge in [0.05, 0.1) is 30.4 Å². The quantitative estimate of drug-likeness (QED) is 0.857. The molecule has 0 spiro atoms. The number of aliphatic hydroxyl groups excluding tert-OH is 1. The largest absolute Gasteiger partial charge is 0.390 e. The van der Waals surface area contributed by atoms with Crippen LogP contribution in [-0.4, -0.2) is 20.8 Å². The van der Waals surface area contributed by atoms with E-state index >= 15 is 0 Å². The zero-order chi connectivity index (χ0) is 12.0. The highest BCUT2D eigenvalue weighted by Crippen LogP contribution is 2.41. The van der Waals surface area contributed by atoms with Crippen molar-refractivity contribution in [1.29, 1.82) is 0 Å². The van der Waals surface area contributed by atoms with Gasteiger partial charge in [0.2, 0.25) is 0 Å². The van der Waals surface area contributed by atoms with E-state index < -0.39 is 0 Å². The number of aliphatic hydroxyl groups is 1. The van der Waals surface area contributed by atoms with Crippen LogP contribution >= 0.6 is 0 Å². The Morgan fingerprint density at radius 1 is 1.29 bits per heavy atom. The van der Waals surface area contributed by atoms with Crippen LogP contribution in [0.5, 0.6) is 0 Å². The van der Waals surface area contributed by atoms with E-state index in [1.807, 2.05) is 38.5 Å². The third-order valence-electron chi connectivity index (χ3n) is 3.53. The minimum Gasteiger partial charge on any atom is -0.390 e. The molecule has 0 saturated heterocycles. The molecule has 1 aromatic carbocycles. The van der Waals surface area contributed by atoms with E-state index in [9.17, 15) is 5.11 Å². The van der Waals surface area contributed by atoms with Gasteiger partial charge in [-0.05, 0) is 11.5 Å². The summed E-state index contributed by atoms with van der Waals surface area (Å²) in [4.78, 5) is 4.19. The maximum atomic E-state index is 10.4. The predicted octanol–water partition coefficient (Wildman–Crippen LogP) is 2.47. The molecule has 2 atom stereocenters. The number of aromatic nitrogens is 2. The van der Waals surface area contributed by atoms with E-state index in [1.165, 1.54) is 11.1 Å². The Bertz CT molecular complexity index is 545. The maximum absolute atomic E-state index is 10.4. The third kappa shape index (κ3) is 1.42. The average molecular weight is 228 g/mol. The van der Waals surface area contributed by atoms with Crippen molar-refractivity contribution in [1.82, 2.24) is 9.55 Å². The summed E-state index contributed by atoms with van der Waals surface area (Å²) in [5.74, 6) is 0.224. The Labute approximate surface area is 101 Å². The van der Waals surface area contributed by atoms with Gasteiger partial charge in [-0.2, -0.15) is 0 Å². The maximum Gasteiger partial charge on any atom is 0.0957 e. The molecule has 3 rings (SSSR count). The Hall–Kier alpha value is -1.61. The van der Waals surface area contributed by atoms with Crippen LogP contribution in [0.2, 0.25) is 0 Å². The van der Waals surface area contributed by atoms with Crippen LogP contribution in [0.15, 0.2) is 36.8 Å². The van der Waals surface area contributed by atoms with E-state index in [0.29, 0.717) is 0 Å². The first kappa shape index (κ1) is 10.5. The third-order valence-corrected chi connectivity index (χ3v) is 3.53. The van der Waals surface area contributed by atoms with E-state index in [-0.39, 0.29) is 18.1 Å². The molecule has 2 aromatic rings. The molecular formula is C14H16N2O. The number of nitrogens with zero attached hydrogens (tertiary/aromatic N) is 2. The van der Waals surface area contributed by atoms with Crippen LogP contribution in [0.25, 0.3) is 11.3 Å². The Kier molecular flexibility index (Phi) is 2.30. The summed E-state index contributed by atoms with van der Waals surface area (Å²) in [5.41, 5.74) is 3.49. The van der Waals surface area contributed by atoms with E-state index in [2.05, 4.69) is 21.7 Å². The lowest BCUT2D eigenvalue weighted by atomic mass is 9.93. The standard InChI is InChI=1S/C14H16N2O/c1-9(2)14(17)13-11-6-4-3-5-10(11)12-7-15-8-16(12)13/h3-9,13-14,17H,1-2H3/t13?,14-/m0/s1. The Morgan fingerprint density at radius 2 is 2.06 bits per heavy atom. The van der Waals surface area contributed by atoms with Crippen molar-refractivity contribution in [3.8, 4) is 11.3 Å². The topological polar surface area (TPSA) is 38.1 Å².